The van der Waals surface area contributed by atoms with Gasteiger partial charge < -0.3 is 15.4 Å². The molecule has 10 heteroatoms. The minimum absolute atomic E-state index is 0. The first kappa shape index (κ1) is 19.3. The summed E-state index contributed by atoms with van der Waals surface area (Å²) in [7, 11) is -4.53. The van der Waals surface area contributed by atoms with E-state index >= 15 is 0 Å². The Morgan fingerprint density at radius 1 is 1.32 bits per heavy atom. The van der Waals surface area contributed by atoms with Gasteiger partial charge in [0.2, 0.25) is 0 Å². The Morgan fingerprint density at radius 2 is 1.95 bits per heavy atom. The van der Waals surface area contributed by atoms with Crippen LogP contribution in [0.2, 0.25) is 0 Å². The number of ether oxygens (including phenoxy) is 1. The van der Waals surface area contributed by atoms with E-state index < -0.39 is 27.6 Å². The van der Waals surface area contributed by atoms with Gasteiger partial charge in [0.15, 0.2) is 5.37 Å². The van der Waals surface area contributed by atoms with E-state index in [1.54, 1.807) is 30.3 Å². The monoisotopic (exact) mass is 356 g/mol. The van der Waals surface area contributed by atoms with E-state index in [1.807, 2.05) is 0 Å². The van der Waals surface area contributed by atoms with Crippen molar-refractivity contribution in [2.75, 3.05) is 5.88 Å². The summed E-state index contributed by atoms with van der Waals surface area (Å²) in [5, 5.41) is 2.82. The topological polar surface area (TPSA) is 105 Å². The van der Waals surface area contributed by atoms with Crippen LogP contribution in [0.5, 0.6) is 5.75 Å². The number of para-hydroxylation sites is 1. The Hall–Kier alpha value is -0.770. The number of hydrogen-bond acceptors (Lipinski definition) is 4. The van der Waals surface area contributed by atoms with Crippen LogP contribution in [0.3, 0.4) is 0 Å². The molecule has 0 saturated carbocycles. The van der Waals surface area contributed by atoms with Crippen LogP contribution in [-0.2, 0) is 10.1 Å². The van der Waals surface area contributed by atoms with Crippen molar-refractivity contribution in [3.8, 4) is 5.75 Å². The molecular formula is C12H14ClN2NaO5S. The summed E-state index contributed by atoms with van der Waals surface area (Å²) in [5.41, 5.74) is 0.107. The van der Waals surface area contributed by atoms with Crippen LogP contribution in [0.25, 0.3) is 0 Å². The average Bonchev–Trinajstić information content (AvgIpc) is 2.45. The number of carbonyl (C=O) groups excluding carboxylic acids is 1. The fourth-order valence-electron chi connectivity index (χ4n) is 1.83. The van der Waals surface area contributed by atoms with Crippen molar-refractivity contribution in [1.29, 1.82) is 0 Å². The van der Waals surface area contributed by atoms with Gasteiger partial charge in [-0.15, -0.1) is 11.6 Å². The molecule has 22 heavy (non-hydrogen) atoms. The van der Waals surface area contributed by atoms with E-state index in [0.717, 1.165) is 0 Å². The normalized spacial score (nSPS) is 19.1. The molecule has 2 unspecified atom stereocenters. The SMILES string of the molecule is O=C1NC=C(C(CCl)Oc2ccccc2)C(S(=O)(=O)O)N1.[NaH]. The van der Waals surface area contributed by atoms with Crippen LogP contribution in [0, 0.1) is 0 Å². The van der Waals surface area contributed by atoms with Gasteiger partial charge >= 0.3 is 35.6 Å². The average molecular weight is 357 g/mol. The van der Waals surface area contributed by atoms with Gasteiger partial charge in [0.1, 0.15) is 11.9 Å². The second-order valence-electron chi connectivity index (χ2n) is 4.23. The van der Waals surface area contributed by atoms with Gasteiger partial charge in [-0.25, -0.2) is 4.79 Å². The van der Waals surface area contributed by atoms with Crippen LogP contribution < -0.4 is 15.4 Å². The number of hydrogen-bond donors (Lipinski definition) is 3. The fraction of sp³-hybridized carbons (Fsp3) is 0.250. The molecule has 0 radical (unpaired) electrons. The molecule has 116 valence electrons. The van der Waals surface area contributed by atoms with E-state index in [0.29, 0.717) is 5.75 Å². The Balaban J connectivity index is 0.00000242. The second kappa shape index (κ2) is 8.19. The van der Waals surface area contributed by atoms with Gasteiger partial charge in [0, 0.05) is 11.8 Å². The molecule has 0 aliphatic carbocycles. The summed E-state index contributed by atoms with van der Waals surface area (Å²) >= 11 is 5.82. The number of carbonyl (C=O) groups is 1. The van der Waals surface area contributed by atoms with Crippen molar-refractivity contribution in [2.24, 2.45) is 0 Å². The molecule has 2 rings (SSSR count). The second-order valence-corrected chi connectivity index (χ2v) is 6.04. The van der Waals surface area contributed by atoms with Crippen molar-refractivity contribution in [3.63, 3.8) is 0 Å². The molecule has 2 atom stereocenters. The molecule has 3 N–H and O–H groups in total. The summed E-state index contributed by atoms with van der Waals surface area (Å²) in [6, 6.07) is 7.90. The van der Waals surface area contributed by atoms with Gasteiger partial charge in [0.05, 0.1) is 5.88 Å². The molecule has 1 aromatic rings. The molecule has 7 nitrogen and oxygen atoms in total. The van der Waals surface area contributed by atoms with Crippen molar-refractivity contribution in [3.05, 3.63) is 42.1 Å². The quantitative estimate of drug-likeness (QED) is 0.403. The molecule has 0 spiro atoms. The number of halogens is 1. The number of benzene rings is 1. The standard InChI is InChI=1S/C12H13ClN2O5S.Na.H/c13-6-10(20-8-4-2-1-3-5-8)9-7-14-12(16)15-11(9)21(17,18)19;;/h1-5,7,10-11H,6H2,(H2,14,15,16)(H,17,18,19);;. The van der Waals surface area contributed by atoms with Crippen LogP contribution >= 0.6 is 11.6 Å². The van der Waals surface area contributed by atoms with Crippen molar-refractivity contribution in [2.45, 2.75) is 11.5 Å². The minimum atomic E-state index is -4.53. The molecule has 0 aromatic heterocycles. The molecule has 1 aliphatic heterocycles. The molecule has 1 aromatic carbocycles. The van der Waals surface area contributed by atoms with E-state index in [2.05, 4.69) is 10.6 Å². The first-order valence-electron chi connectivity index (χ1n) is 5.93. The zero-order chi connectivity index (χ0) is 15.5. The molecule has 0 bridgehead atoms. The Kier molecular flexibility index (Phi) is 7.17. The predicted octanol–water partition coefficient (Wildman–Crippen LogP) is 0.435. The van der Waals surface area contributed by atoms with Gasteiger partial charge in [-0.05, 0) is 12.1 Å². The third kappa shape index (κ3) is 4.87. The molecular weight excluding hydrogens is 343 g/mol. The number of nitrogens with one attached hydrogen (secondary N) is 2. The van der Waals surface area contributed by atoms with Crippen molar-refractivity contribution in [1.82, 2.24) is 10.6 Å². The van der Waals surface area contributed by atoms with Gasteiger partial charge in [-0.3, -0.25) is 4.55 Å². The Bertz CT molecular complexity index is 653. The third-order valence-electron chi connectivity index (χ3n) is 2.77. The Morgan fingerprint density at radius 3 is 2.50 bits per heavy atom. The zero-order valence-corrected chi connectivity index (χ0v) is 12.3. The fourth-order valence-corrected chi connectivity index (χ4v) is 2.89. The van der Waals surface area contributed by atoms with Crippen molar-refractivity contribution < 1.29 is 22.5 Å². The zero-order valence-electron chi connectivity index (χ0n) is 10.7. The third-order valence-corrected chi connectivity index (χ3v) is 4.03. The van der Waals surface area contributed by atoms with E-state index in [1.165, 1.54) is 6.20 Å². The molecule has 1 heterocycles. The maximum atomic E-state index is 11.4. The molecule has 1 aliphatic rings. The van der Waals surface area contributed by atoms with Crippen LogP contribution in [-0.4, -0.2) is 65.9 Å². The summed E-state index contributed by atoms with van der Waals surface area (Å²) in [5.74, 6) is 0.416. The molecule has 0 fully saturated rings. The van der Waals surface area contributed by atoms with Gasteiger partial charge in [0.25, 0.3) is 10.1 Å². The molecule has 2 amide bonds. The number of rotatable bonds is 5. The summed E-state index contributed by atoms with van der Waals surface area (Å²) in [4.78, 5) is 11.2. The number of alkyl halides is 1. The first-order valence-corrected chi connectivity index (χ1v) is 7.96. The number of amides is 2. The summed E-state index contributed by atoms with van der Waals surface area (Å²) < 4.78 is 37.6. The van der Waals surface area contributed by atoms with E-state index in [4.69, 9.17) is 16.3 Å². The molecule has 0 saturated heterocycles. The van der Waals surface area contributed by atoms with Crippen LogP contribution in [0.1, 0.15) is 0 Å². The van der Waals surface area contributed by atoms with E-state index in [-0.39, 0.29) is 41.0 Å². The van der Waals surface area contributed by atoms with Gasteiger partial charge in [-0.1, -0.05) is 18.2 Å². The Labute approximate surface area is 155 Å². The van der Waals surface area contributed by atoms with E-state index in [9.17, 15) is 17.8 Å². The van der Waals surface area contributed by atoms with Crippen LogP contribution in [0.4, 0.5) is 4.79 Å². The predicted molar refractivity (Wildman–Crippen MR) is 83.8 cm³/mol. The number of urea groups is 1. The summed E-state index contributed by atoms with van der Waals surface area (Å²) in [6.07, 6.45) is 0.335. The van der Waals surface area contributed by atoms with Crippen molar-refractivity contribution >= 4 is 57.3 Å². The van der Waals surface area contributed by atoms with Gasteiger partial charge in [-0.2, -0.15) is 8.42 Å². The summed E-state index contributed by atoms with van der Waals surface area (Å²) in [6.45, 7) is 0. The maximum absolute atomic E-state index is 11.4. The van der Waals surface area contributed by atoms with Crippen LogP contribution in [0.15, 0.2) is 42.1 Å². The first-order chi connectivity index (χ1) is 9.91.